The van der Waals surface area contributed by atoms with Crippen LogP contribution in [-0.4, -0.2) is 49.6 Å². The predicted molar refractivity (Wildman–Crippen MR) is 72.8 cm³/mol. The minimum atomic E-state index is -3.67. The van der Waals surface area contributed by atoms with Crippen molar-refractivity contribution >= 4 is 16.0 Å². The number of aryl methyl sites for hydroxylation is 1. The van der Waals surface area contributed by atoms with Crippen molar-refractivity contribution in [2.75, 3.05) is 19.8 Å². The highest BCUT2D eigenvalue weighted by molar-refractivity contribution is 7.88. The zero-order chi connectivity index (χ0) is 14.8. The first kappa shape index (κ1) is 15.0. The second-order valence-electron chi connectivity index (χ2n) is 4.78. The number of carboxylic acid groups (broad SMARTS) is 1. The molecule has 1 aliphatic heterocycles. The zero-order valence-electron chi connectivity index (χ0n) is 11.2. The predicted octanol–water partition coefficient (Wildman–Crippen LogP) is 0.610. The number of aliphatic carboxylic acids is 1. The van der Waals surface area contributed by atoms with E-state index in [-0.39, 0.29) is 25.5 Å². The van der Waals surface area contributed by atoms with Crippen molar-refractivity contribution in [3.05, 3.63) is 35.4 Å². The van der Waals surface area contributed by atoms with E-state index in [0.29, 0.717) is 5.56 Å². The van der Waals surface area contributed by atoms with Gasteiger partial charge in [0.2, 0.25) is 10.0 Å². The van der Waals surface area contributed by atoms with Gasteiger partial charge < -0.3 is 9.84 Å². The third-order valence-electron chi connectivity index (χ3n) is 3.15. The van der Waals surface area contributed by atoms with Crippen LogP contribution < -0.4 is 0 Å². The van der Waals surface area contributed by atoms with E-state index >= 15 is 0 Å². The number of nitrogens with zero attached hydrogens (tertiary/aromatic N) is 1. The molecule has 1 aromatic rings. The third-order valence-corrected chi connectivity index (χ3v) is 5.00. The first-order chi connectivity index (χ1) is 9.40. The van der Waals surface area contributed by atoms with Crippen molar-refractivity contribution in [2.45, 2.75) is 18.7 Å². The molecule has 1 heterocycles. The zero-order valence-corrected chi connectivity index (χ0v) is 12.0. The van der Waals surface area contributed by atoms with Crippen LogP contribution in [-0.2, 0) is 25.3 Å². The van der Waals surface area contributed by atoms with Gasteiger partial charge in [-0.3, -0.25) is 4.79 Å². The van der Waals surface area contributed by atoms with E-state index in [0.717, 1.165) is 9.87 Å². The van der Waals surface area contributed by atoms with Gasteiger partial charge >= 0.3 is 5.97 Å². The van der Waals surface area contributed by atoms with E-state index in [2.05, 4.69) is 0 Å². The number of ether oxygens (including phenoxy) is 1. The summed E-state index contributed by atoms with van der Waals surface area (Å²) < 4.78 is 30.9. The summed E-state index contributed by atoms with van der Waals surface area (Å²) in [5.74, 6) is -1.38. The number of carbonyl (C=O) groups is 1. The summed E-state index contributed by atoms with van der Waals surface area (Å²) in [7, 11) is -3.67. The minimum absolute atomic E-state index is 0.0745. The van der Waals surface area contributed by atoms with Crippen molar-refractivity contribution < 1.29 is 23.1 Å². The van der Waals surface area contributed by atoms with Crippen LogP contribution in [0.2, 0.25) is 0 Å². The Balaban J connectivity index is 2.22. The molecule has 0 amide bonds. The molecule has 2 rings (SSSR count). The lowest BCUT2D eigenvalue weighted by molar-refractivity contribution is -0.146. The molecule has 7 heteroatoms. The quantitative estimate of drug-likeness (QED) is 0.880. The SMILES string of the molecule is Cc1cccc(CS(=O)(=O)N2CCOCC2C(=O)O)c1. The second kappa shape index (κ2) is 5.90. The lowest BCUT2D eigenvalue weighted by Crippen LogP contribution is -2.52. The molecule has 0 spiro atoms. The van der Waals surface area contributed by atoms with Gasteiger partial charge in [-0.1, -0.05) is 29.8 Å². The molecule has 0 radical (unpaired) electrons. The lowest BCUT2D eigenvalue weighted by Gasteiger charge is -2.31. The van der Waals surface area contributed by atoms with Gasteiger partial charge in [0.15, 0.2) is 0 Å². The van der Waals surface area contributed by atoms with E-state index in [4.69, 9.17) is 9.84 Å². The topological polar surface area (TPSA) is 83.9 Å². The van der Waals surface area contributed by atoms with Crippen molar-refractivity contribution in [3.63, 3.8) is 0 Å². The molecule has 0 saturated carbocycles. The molecule has 0 aliphatic carbocycles. The van der Waals surface area contributed by atoms with Gasteiger partial charge in [0.1, 0.15) is 6.04 Å². The van der Waals surface area contributed by atoms with Gasteiger partial charge in [0, 0.05) is 6.54 Å². The highest BCUT2D eigenvalue weighted by atomic mass is 32.2. The third kappa shape index (κ3) is 3.36. The Morgan fingerprint density at radius 3 is 2.90 bits per heavy atom. The molecule has 1 aromatic carbocycles. The van der Waals surface area contributed by atoms with E-state index in [9.17, 15) is 13.2 Å². The van der Waals surface area contributed by atoms with E-state index in [1.807, 2.05) is 13.0 Å². The fourth-order valence-corrected chi connectivity index (χ4v) is 3.87. The number of morpholine rings is 1. The van der Waals surface area contributed by atoms with Crippen LogP contribution in [0, 0.1) is 6.92 Å². The standard InChI is InChI=1S/C13H17NO5S/c1-10-3-2-4-11(7-10)9-20(17,18)14-5-6-19-8-12(14)13(15)16/h2-4,7,12H,5-6,8-9H2,1H3,(H,15,16). The highest BCUT2D eigenvalue weighted by Gasteiger charge is 2.37. The van der Waals surface area contributed by atoms with Crippen LogP contribution in [0.3, 0.4) is 0 Å². The molecule has 20 heavy (non-hydrogen) atoms. The molecule has 0 aromatic heterocycles. The summed E-state index contributed by atoms with van der Waals surface area (Å²) in [5.41, 5.74) is 1.62. The van der Waals surface area contributed by atoms with Gasteiger partial charge in [-0.25, -0.2) is 8.42 Å². The van der Waals surface area contributed by atoms with E-state index in [1.54, 1.807) is 18.2 Å². The Labute approximate surface area is 118 Å². The summed E-state index contributed by atoms with van der Waals surface area (Å²) in [4.78, 5) is 11.1. The first-order valence-corrected chi connectivity index (χ1v) is 7.87. The maximum Gasteiger partial charge on any atom is 0.324 e. The van der Waals surface area contributed by atoms with Gasteiger partial charge in [0.05, 0.1) is 19.0 Å². The van der Waals surface area contributed by atoms with Crippen molar-refractivity contribution in [3.8, 4) is 0 Å². The summed E-state index contributed by atoms with van der Waals surface area (Å²) >= 11 is 0. The van der Waals surface area contributed by atoms with Crippen molar-refractivity contribution in [2.24, 2.45) is 0 Å². The lowest BCUT2D eigenvalue weighted by atomic mass is 10.2. The minimum Gasteiger partial charge on any atom is -0.480 e. The maximum atomic E-state index is 12.4. The van der Waals surface area contributed by atoms with Gasteiger partial charge in [-0.05, 0) is 12.5 Å². The number of carboxylic acids is 1. The largest absolute Gasteiger partial charge is 0.480 e. The van der Waals surface area contributed by atoms with Gasteiger partial charge in [0.25, 0.3) is 0 Å². The Kier molecular flexibility index (Phi) is 4.42. The average molecular weight is 299 g/mol. The first-order valence-electron chi connectivity index (χ1n) is 6.26. The molecule has 1 N–H and O–H groups in total. The average Bonchev–Trinajstić information content (AvgIpc) is 2.38. The summed E-state index contributed by atoms with van der Waals surface area (Å²) in [6.07, 6.45) is 0. The number of hydrogen-bond acceptors (Lipinski definition) is 4. The van der Waals surface area contributed by atoms with E-state index < -0.39 is 22.0 Å². The number of hydrogen-bond donors (Lipinski definition) is 1. The van der Waals surface area contributed by atoms with Crippen molar-refractivity contribution in [1.29, 1.82) is 0 Å². The molecule has 1 fully saturated rings. The number of sulfonamides is 1. The molecular weight excluding hydrogens is 282 g/mol. The summed E-state index contributed by atoms with van der Waals surface area (Å²) in [5, 5.41) is 9.10. The molecule has 1 saturated heterocycles. The smallest absolute Gasteiger partial charge is 0.324 e. The fourth-order valence-electron chi connectivity index (χ4n) is 2.21. The Hall–Kier alpha value is -1.44. The van der Waals surface area contributed by atoms with Crippen LogP contribution in [0.25, 0.3) is 0 Å². The molecule has 1 atom stereocenters. The molecule has 6 nitrogen and oxygen atoms in total. The highest BCUT2D eigenvalue weighted by Crippen LogP contribution is 2.18. The van der Waals surface area contributed by atoms with Crippen LogP contribution in [0.4, 0.5) is 0 Å². The number of benzene rings is 1. The van der Waals surface area contributed by atoms with Crippen LogP contribution in [0.1, 0.15) is 11.1 Å². The fraction of sp³-hybridized carbons (Fsp3) is 0.462. The van der Waals surface area contributed by atoms with Crippen LogP contribution in [0.5, 0.6) is 0 Å². The van der Waals surface area contributed by atoms with Crippen molar-refractivity contribution in [1.82, 2.24) is 4.31 Å². The van der Waals surface area contributed by atoms with Crippen LogP contribution >= 0.6 is 0 Å². The summed E-state index contributed by atoms with van der Waals surface area (Å²) in [6, 6.07) is 6.03. The monoisotopic (exact) mass is 299 g/mol. The molecule has 1 unspecified atom stereocenters. The Morgan fingerprint density at radius 1 is 1.50 bits per heavy atom. The maximum absolute atomic E-state index is 12.4. The van der Waals surface area contributed by atoms with Gasteiger partial charge in [-0.2, -0.15) is 4.31 Å². The Morgan fingerprint density at radius 2 is 2.25 bits per heavy atom. The second-order valence-corrected chi connectivity index (χ2v) is 6.71. The normalized spacial score (nSPS) is 20.8. The molecule has 1 aliphatic rings. The molecular formula is C13H17NO5S. The number of rotatable bonds is 4. The van der Waals surface area contributed by atoms with Crippen LogP contribution in [0.15, 0.2) is 24.3 Å². The molecule has 110 valence electrons. The molecule has 0 bridgehead atoms. The Bertz CT molecular complexity index is 599. The summed E-state index contributed by atoms with van der Waals surface area (Å²) in [6.45, 7) is 2.06. The van der Waals surface area contributed by atoms with E-state index in [1.165, 1.54) is 0 Å². The van der Waals surface area contributed by atoms with Gasteiger partial charge in [-0.15, -0.1) is 0 Å².